The number of anilines is 1. The largest absolute Gasteiger partial charge is 0.398 e. The van der Waals surface area contributed by atoms with Gasteiger partial charge in [0.2, 0.25) is 0 Å². The van der Waals surface area contributed by atoms with Crippen LogP contribution in [-0.2, 0) is 0 Å². The number of nitrogens with two attached hydrogens (primary N) is 1. The van der Waals surface area contributed by atoms with E-state index in [-0.39, 0.29) is 0 Å². The van der Waals surface area contributed by atoms with Gasteiger partial charge in [0.15, 0.2) is 0 Å². The third kappa shape index (κ3) is 1.35. The monoisotopic (exact) mass is 187 g/mol. The molecule has 0 unspecified atom stereocenters. The van der Waals surface area contributed by atoms with Crippen molar-refractivity contribution in [2.24, 2.45) is 5.11 Å². The predicted octanol–water partition coefficient (Wildman–Crippen LogP) is 2.32. The zero-order valence-corrected chi connectivity index (χ0v) is 7.36. The van der Waals surface area contributed by atoms with E-state index in [9.17, 15) is 0 Å². The van der Waals surface area contributed by atoms with Gasteiger partial charge in [-0.15, -0.1) is 0 Å². The molecule has 70 valence electrons. The molecule has 0 spiro atoms. The fourth-order valence-electron chi connectivity index (χ4n) is 1.25. The van der Waals surface area contributed by atoms with Crippen LogP contribution in [0.2, 0.25) is 0 Å². The molecule has 5 heteroatoms. The van der Waals surface area contributed by atoms with Crippen LogP contribution in [0.1, 0.15) is 0 Å². The van der Waals surface area contributed by atoms with Gasteiger partial charge < -0.3 is 5.73 Å². The van der Waals surface area contributed by atoms with Crippen molar-refractivity contribution in [3.05, 3.63) is 30.5 Å². The number of aromatic nitrogens is 2. The van der Waals surface area contributed by atoms with E-state index in [1.807, 2.05) is 6.07 Å². The van der Waals surface area contributed by atoms with Gasteiger partial charge in [-0.05, 0) is 24.3 Å². The molecule has 0 aliphatic rings. The molecule has 14 heavy (non-hydrogen) atoms. The maximum atomic E-state index is 6.89. The fourth-order valence-corrected chi connectivity index (χ4v) is 1.25. The zero-order valence-electron chi connectivity index (χ0n) is 7.36. The zero-order chi connectivity index (χ0) is 9.97. The molecule has 0 bridgehead atoms. The fraction of sp³-hybridized carbons (Fsp3) is 0. The van der Waals surface area contributed by atoms with Gasteiger partial charge in [-0.25, -0.2) is 5.53 Å². The number of benzene rings is 1. The topological polar surface area (TPSA) is 90.9 Å². The molecule has 4 N–H and O–H groups in total. The Morgan fingerprint density at radius 2 is 2.21 bits per heavy atom. The minimum Gasteiger partial charge on any atom is -0.398 e. The summed E-state index contributed by atoms with van der Waals surface area (Å²) >= 11 is 0. The van der Waals surface area contributed by atoms with Gasteiger partial charge in [0.1, 0.15) is 0 Å². The molecule has 0 aliphatic carbocycles. The van der Waals surface area contributed by atoms with Crippen LogP contribution in [-0.4, -0.2) is 10.2 Å². The van der Waals surface area contributed by atoms with Crippen LogP contribution in [0.25, 0.3) is 11.3 Å². The van der Waals surface area contributed by atoms with E-state index in [1.54, 1.807) is 24.4 Å². The second kappa shape index (κ2) is 3.29. The first-order valence-corrected chi connectivity index (χ1v) is 4.08. The Morgan fingerprint density at radius 1 is 1.36 bits per heavy atom. The molecule has 0 fully saturated rings. The first kappa shape index (κ1) is 8.43. The summed E-state index contributed by atoms with van der Waals surface area (Å²) in [6.45, 7) is 0. The Bertz CT molecular complexity index is 446. The molecule has 0 saturated heterocycles. The lowest BCUT2D eigenvalue weighted by atomic mass is 10.1. The maximum absolute atomic E-state index is 6.89. The highest BCUT2D eigenvalue weighted by Gasteiger charge is 2.04. The molecule has 5 nitrogen and oxygen atoms in total. The summed E-state index contributed by atoms with van der Waals surface area (Å²) in [7, 11) is 0. The van der Waals surface area contributed by atoms with Gasteiger partial charge in [-0.3, -0.25) is 5.10 Å². The van der Waals surface area contributed by atoms with Crippen LogP contribution < -0.4 is 5.73 Å². The molecule has 2 aromatic rings. The Kier molecular flexibility index (Phi) is 1.98. The summed E-state index contributed by atoms with van der Waals surface area (Å²) in [5, 5.41) is 9.99. The summed E-state index contributed by atoms with van der Waals surface area (Å²) in [5.74, 6) is 0. The SMILES string of the molecule is N=Nc1ccc(N)c(-c2ccn[nH]2)c1. The molecule has 0 radical (unpaired) electrons. The number of hydrogen-bond acceptors (Lipinski definition) is 4. The third-order valence-corrected chi connectivity index (χ3v) is 1.96. The van der Waals surface area contributed by atoms with E-state index in [0.29, 0.717) is 11.4 Å². The smallest absolute Gasteiger partial charge is 0.0858 e. The lowest BCUT2D eigenvalue weighted by Gasteiger charge is -2.02. The minimum absolute atomic E-state index is 0.573. The van der Waals surface area contributed by atoms with E-state index in [4.69, 9.17) is 11.3 Å². The van der Waals surface area contributed by atoms with Crippen LogP contribution in [0.4, 0.5) is 11.4 Å². The molecule has 0 atom stereocenters. The molecule has 1 aromatic carbocycles. The van der Waals surface area contributed by atoms with Crippen molar-refractivity contribution in [3.63, 3.8) is 0 Å². The van der Waals surface area contributed by atoms with Crippen LogP contribution in [0.5, 0.6) is 0 Å². The lowest BCUT2D eigenvalue weighted by Crippen LogP contribution is -1.89. The normalized spacial score (nSPS) is 10.0. The van der Waals surface area contributed by atoms with Crippen molar-refractivity contribution in [2.75, 3.05) is 5.73 Å². The van der Waals surface area contributed by atoms with Gasteiger partial charge in [0.05, 0.1) is 11.4 Å². The minimum atomic E-state index is 0.573. The lowest BCUT2D eigenvalue weighted by molar-refractivity contribution is 1.09. The van der Waals surface area contributed by atoms with Crippen molar-refractivity contribution in [1.29, 1.82) is 5.53 Å². The third-order valence-electron chi connectivity index (χ3n) is 1.96. The molecule has 1 heterocycles. The first-order valence-electron chi connectivity index (χ1n) is 4.08. The maximum Gasteiger partial charge on any atom is 0.0858 e. The summed E-state index contributed by atoms with van der Waals surface area (Å²) in [6, 6.07) is 6.99. The van der Waals surface area contributed by atoms with E-state index in [0.717, 1.165) is 11.3 Å². The number of rotatable bonds is 2. The second-order valence-electron chi connectivity index (χ2n) is 2.85. The Labute approximate surface area is 80.5 Å². The Hall–Kier alpha value is -2.17. The van der Waals surface area contributed by atoms with Crippen LogP contribution in [0, 0.1) is 5.53 Å². The van der Waals surface area contributed by atoms with Crippen LogP contribution in [0.15, 0.2) is 35.6 Å². The van der Waals surface area contributed by atoms with E-state index < -0.39 is 0 Å². The Morgan fingerprint density at radius 3 is 2.86 bits per heavy atom. The summed E-state index contributed by atoms with van der Waals surface area (Å²) in [4.78, 5) is 0. The molecule has 0 aliphatic heterocycles. The quantitative estimate of drug-likeness (QED) is 0.497. The number of aromatic amines is 1. The number of nitrogens with one attached hydrogen (secondary N) is 2. The van der Waals surface area contributed by atoms with Gasteiger partial charge in [0.25, 0.3) is 0 Å². The van der Waals surface area contributed by atoms with Gasteiger partial charge in [0, 0.05) is 17.4 Å². The van der Waals surface area contributed by atoms with Gasteiger partial charge >= 0.3 is 0 Å². The van der Waals surface area contributed by atoms with E-state index in [2.05, 4.69) is 15.3 Å². The molecule has 2 rings (SSSR count). The second-order valence-corrected chi connectivity index (χ2v) is 2.85. The number of H-pyrrole nitrogens is 1. The average molecular weight is 187 g/mol. The van der Waals surface area contributed by atoms with Crippen LogP contribution in [0.3, 0.4) is 0 Å². The molecule has 1 aromatic heterocycles. The van der Waals surface area contributed by atoms with Crippen LogP contribution >= 0.6 is 0 Å². The molecule has 0 saturated carbocycles. The highest BCUT2D eigenvalue weighted by Crippen LogP contribution is 2.28. The highest BCUT2D eigenvalue weighted by molar-refractivity contribution is 5.76. The molecular formula is C9H9N5. The standard InChI is InChI=1S/C9H9N5/c10-8-2-1-6(13-11)5-7(8)9-3-4-12-14-9/h1-5,11H,10H2,(H,12,14). The van der Waals surface area contributed by atoms with Gasteiger partial charge in [-0.2, -0.15) is 10.2 Å². The van der Waals surface area contributed by atoms with Crippen molar-refractivity contribution in [2.45, 2.75) is 0 Å². The highest BCUT2D eigenvalue weighted by atomic mass is 15.1. The van der Waals surface area contributed by atoms with Crippen molar-refractivity contribution in [1.82, 2.24) is 10.2 Å². The first-order chi connectivity index (χ1) is 6.81. The van der Waals surface area contributed by atoms with E-state index in [1.165, 1.54) is 0 Å². The summed E-state index contributed by atoms with van der Waals surface area (Å²) < 4.78 is 0. The van der Waals surface area contributed by atoms with Crippen molar-refractivity contribution < 1.29 is 0 Å². The van der Waals surface area contributed by atoms with E-state index >= 15 is 0 Å². The summed E-state index contributed by atoms with van der Waals surface area (Å²) in [6.07, 6.45) is 1.65. The number of hydrogen-bond donors (Lipinski definition) is 3. The average Bonchev–Trinajstić information content (AvgIpc) is 2.71. The Balaban J connectivity index is 2.57. The summed E-state index contributed by atoms with van der Waals surface area (Å²) in [5.41, 5.74) is 15.5. The predicted molar refractivity (Wildman–Crippen MR) is 53.2 cm³/mol. The molecular weight excluding hydrogens is 178 g/mol. The number of nitrogen functional groups attached to an aromatic ring is 1. The van der Waals surface area contributed by atoms with Crippen molar-refractivity contribution >= 4 is 11.4 Å². The van der Waals surface area contributed by atoms with Crippen molar-refractivity contribution in [3.8, 4) is 11.3 Å². The number of nitrogens with zero attached hydrogens (tertiary/aromatic N) is 2. The molecule has 0 amide bonds. The van der Waals surface area contributed by atoms with Gasteiger partial charge in [-0.1, -0.05) is 0 Å².